The maximum Gasteiger partial charge on any atom is 0.337 e. The van der Waals surface area contributed by atoms with Gasteiger partial charge >= 0.3 is 5.97 Å². The van der Waals surface area contributed by atoms with Crippen LogP contribution < -0.4 is 10.6 Å². The van der Waals surface area contributed by atoms with Crippen LogP contribution in [0.15, 0.2) is 66.7 Å². The fourth-order valence-corrected chi connectivity index (χ4v) is 2.49. The van der Waals surface area contributed by atoms with Crippen molar-refractivity contribution in [2.24, 2.45) is 0 Å². The average Bonchev–Trinajstić information content (AvgIpc) is 2.66. The number of rotatable bonds is 5. The summed E-state index contributed by atoms with van der Waals surface area (Å²) in [5, 5.41) is 8.16. The maximum atomic E-state index is 12.1. The minimum atomic E-state index is -0.407. The fraction of sp³-hybridized carbons (Fsp3) is 0.100. The Kier molecular flexibility index (Phi) is 4.95. The highest BCUT2D eigenvalue weighted by molar-refractivity contribution is 5.95. The minimum Gasteiger partial charge on any atom is -0.465 e. The van der Waals surface area contributed by atoms with Crippen molar-refractivity contribution in [3.63, 3.8) is 0 Å². The van der Waals surface area contributed by atoms with Crippen molar-refractivity contribution in [1.29, 1.82) is 0 Å². The van der Waals surface area contributed by atoms with Gasteiger partial charge in [-0.25, -0.2) is 4.79 Å². The Morgan fingerprint density at radius 3 is 2.28 bits per heavy atom. The van der Waals surface area contributed by atoms with Gasteiger partial charge in [0.05, 0.1) is 19.2 Å². The van der Waals surface area contributed by atoms with E-state index in [2.05, 4.69) is 15.4 Å². The van der Waals surface area contributed by atoms with Crippen LogP contribution in [0.25, 0.3) is 10.8 Å². The first-order valence-electron chi connectivity index (χ1n) is 7.86. The molecule has 0 fully saturated rings. The van der Waals surface area contributed by atoms with Crippen LogP contribution in [0.3, 0.4) is 0 Å². The van der Waals surface area contributed by atoms with Gasteiger partial charge in [-0.2, -0.15) is 0 Å². The Balaban J connectivity index is 1.57. The third-order valence-electron chi connectivity index (χ3n) is 3.79. The molecule has 5 nitrogen and oxygen atoms in total. The van der Waals surface area contributed by atoms with E-state index in [-0.39, 0.29) is 12.5 Å². The minimum absolute atomic E-state index is 0.150. The molecule has 0 saturated carbocycles. The lowest BCUT2D eigenvalue weighted by atomic mass is 10.1. The van der Waals surface area contributed by atoms with E-state index in [0.29, 0.717) is 11.3 Å². The first kappa shape index (κ1) is 16.5. The summed E-state index contributed by atoms with van der Waals surface area (Å²) in [5.74, 6) is -0.574. The number of anilines is 2. The summed E-state index contributed by atoms with van der Waals surface area (Å²) in [6, 6.07) is 20.6. The topological polar surface area (TPSA) is 67.4 Å². The van der Waals surface area contributed by atoms with Crippen molar-refractivity contribution in [3.05, 3.63) is 72.3 Å². The summed E-state index contributed by atoms with van der Waals surface area (Å²) in [7, 11) is 1.33. The van der Waals surface area contributed by atoms with E-state index in [9.17, 15) is 9.59 Å². The van der Waals surface area contributed by atoms with Crippen LogP contribution in [0.4, 0.5) is 11.4 Å². The summed E-state index contributed by atoms with van der Waals surface area (Å²) in [6.45, 7) is 0.150. The van der Waals surface area contributed by atoms with Crippen LogP contribution >= 0.6 is 0 Å². The molecule has 0 unspecified atom stereocenters. The Labute approximate surface area is 145 Å². The smallest absolute Gasteiger partial charge is 0.337 e. The molecule has 0 atom stereocenters. The molecular formula is C20H18N2O3. The monoisotopic (exact) mass is 334 g/mol. The molecule has 0 aliphatic heterocycles. The summed E-state index contributed by atoms with van der Waals surface area (Å²) in [4.78, 5) is 23.4. The summed E-state index contributed by atoms with van der Waals surface area (Å²) >= 11 is 0. The number of methoxy groups -OCH3 is 1. The van der Waals surface area contributed by atoms with Crippen LogP contribution in [0.5, 0.6) is 0 Å². The van der Waals surface area contributed by atoms with Crippen molar-refractivity contribution < 1.29 is 14.3 Å². The summed E-state index contributed by atoms with van der Waals surface area (Å²) in [5.41, 5.74) is 1.95. The van der Waals surface area contributed by atoms with Crippen molar-refractivity contribution in [2.75, 3.05) is 24.3 Å². The molecule has 3 aromatic rings. The van der Waals surface area contributed by atoms with Gasteiger partial charge in [0.1, 0.15) is 0 Å². The van der Waals surface area contributed by atoms with Gasteiger partial charge in [0.25, 0.3) is 0 Å². The van der Waals surface area contributed by atoms with Gasteiger partial charge in [-0.3, -0.25) is 4.79 Å². The van der Waals surface area contributed by atoms with Crippen molar-refractivity contribution in [1.82, 2.24) is 0 Å². The van der Waals surface area contributed by atoms with Crippen LogP contribution in [0, 0.1) is 0 Å². The van der Waals surface area contributed by atoms with Crippen LogP contribution in [-0.2, 0) is 9.53 Å². The number of hydrogen-bond acceptors (Lipinski definition) is 4. The number of nitrogens with one attached hydrogen (secondary N) is 2. The molecule has 0 aliphatic carbocycles. The zero-order valence-electron chi connectivity index (χ0n) is 13.8. The van der Waals surface area contributed by atoms with E-state index >= 15 is 0 Å². The number of fused-ring (bicyclic) bond motifs is 1. The van der Waals surface area contributed by atoms with Crippen LogP contribution in [0.2, 0.25) is 0 Å². The van der Waals surface area contributed by atoms with Gasteiger partial charge < -0.3 is 15.4 Å². The lowest BCUT2D eigenvalue weighted by molar-refractivity contribution is -0.114. The van der Waals surface area contributed by atoms with E-state index in [4.69, 9.17) is 0 Å². The lowest BCUT2D eigenvalue weighted by Gasteiger charge is -2.09. The highest BCUT2D eigenvalue weighted by Crippen LogP contribution is 2.18. The third kappa shape index (κ3) is 4.14. The number of benzene rings is 3. The number of hydrogen-bond donors (Lipinski definition) is 2. The van der Waals surface area contributed by atoms with Crippen molar-refractivity contribution >= 4 is 34.0 Å². The van der Waals surface area contributed by atoms with Crippen LogP contribution in [-0.4, -0.2) is 25.5 Å². The largest absolute Gasteiger partial charge is 0.465 e. The second-order valence-corrected chi connectivity index (χ2v) is 5.53. The second-order valence-electron chi connectivity index (χ2n) is 5.53. The van der Waals surface area contributed by atoms with Gasteiger partial charge in [-0.15, -0.1) is 0 Å². The molecule has 25 heavy (non-hydrogen) atoms. The number of esters is 1. The van der Waals surface area contributed by atoms with Gasteiger partial charge in [0, 0.05) is 11.4 Å². The van der Waals surface area contributed by atoms with Gasteiger partial charge in [0.15, 0.2) is 0 Å². The van der Waals surface area contributed by atoms with E-state index in [1.165, 1.54) is 7.11 Å². The molecule has 0 aromatic heterocycles. The molecular weight excluding hydrogens is 316 g/mol. The number of amides is 1. The molecule has 0 radical (unpaired) electrons. The SMILES string of the molecule is COC(=O)c1ccc(NC(=O)CNc2ccc3ccccc3c2)cc1. The molecule has 3 rings (SSSR count). The molecule has 126 valence electrons. The van der Waals surface area contributed by atoms with Gasteiger partial charge in [-0.05, 0) is 47.2 Å². The molecule has 0 heterocycles. The highest BCUT2D eigenvalue weighted by Gasteiger charge is 2.06. The number of ether oxygens (including phenoxy) is 1. The number of carbonyl (C=O) groups excluding carboxylic acids is 2. The summed E-state index contributed by atoms with van der Waals surface area (Å²) in [6.07, 6.45) is 0. The molecule has 0 spiro atoms. The standard InChI is InChI=1S/C20H18N2O3/c1-25-20(24)15-7-9-17(10-8-15)22-19(23)13-21-18-11-6-14-4-2-3-5-16(14)12-18/h2-12,21H,13H2,1H3,(H,22,23). The Hall–Kier alpha value is -3.34. The highest BCUT2D eigenvalue weighted by atomic mass is 16.5. The Morgan fingerprint density at radius 1 is 0.880 bits per heavy atom. The van der Waals surface area contributed by atoms with E-state index in [1.54, 1.807) is 24.3 Å². The summed E-state index contributed by atoms with van der Waals surface area (Å²) < 4.78 is 4.64. The zero-order chi connectivity index (χ0) is 17.6. The molecule has 5 heteroatoms. The third-order valence-corrected chi connectivity index (χ3v) is 3.79. The predicted octanol–water partition coefficient (Wildman–Crippen LogP) is 3.68. The van der Waals surface area contributed by atoms with Gasteiger partial charge in [-0.1, -0.05) is 30.3 Å². The first-order valence-corrected chi connectivity index (χ1v) is 7.86. The van der Waals surface area contributed by atoms with E-state index in [1.807, 2.05) is 42.5 Å². The Morgan fingerprint density at radius 2 is 1.56 bits per heavy atom. The van der Waals surface area contributed by atoms with E-state index in [0.717, 1.165) is 16.5 Å². The number of carbonyl (C=O) groups is 2. The fourth-order valence-electron chi connectivity index (χ4n) is 2.49. The molecule has 0 bridgehead atoms. The molecule has 2 N–H and O–H groups in total. The normalized spacial score (nSPS) is 10.3. The average molecular weight is 334 g/mol. The maximum absolute atomic E-state index is 12.1. The zero-order valence-corrected chi connectivity index (χ0v) is 13.8. The molecule has 0 aliphatic rings. The Bertz CT molecular complexity index is 904. The van der Waals surface area contributed by atoms with Gasteiger partial charge in [0.2, 0.25) is 5.91 Å². The van der Waals surface area contributed by atoms with Crippen LogP contribution in [0.1, 0.15) is 10.4 Å². The van der Waals surface area contributed by atoms with Crippen molar-refractivity contribution in [3.8, 4) is 0 Å². The molecule has 1 amide bonds. The van der Waals surface area contributed by atoms with E-state index < -0.39 is 5.97 Å². The predicted molar refractivity (Wildman–Crippen MR) is 98.8 cm³/mol. The quantitative estimate of drug-likeness (QED) is 0.699. The molecule has 3 aromatic carbocycles. The lowest BCUT2D eigenvalue weighted by Crippen LogP contribution is -2.21. The molecule has 0 saturated heterocycles. The second kappa shape index (κ2) is 7.49. The first-order chi connectivity index (χ1) is 12.2. The van der Waals surface area contributed by atoms with Crippen molar-refractivity contribution in [2.45, 2.75) is 0 Å².